The molecule has 1 unspecified atom stereocenters. The number of hydrogen-bond donors (Lipinski definition) is 0. The van der Waals surface area contributed by atoms with Crippen molar-refractivity contribution in [1.82, 2.24) is 9.97 Å². The first-order chi connectivity index (χ1) is 9.02. The molecular weight excluding hydrogens is 328 g/mol. The highest BCUT2D eigenvalue weighted by Gasteiger charge is 2.35. The zero-order chi connectivity index (χ0) is 14.0. The molecule has 0 aromatic carbocycles. The van der Waals surface area contributed by atoms with E-state index < -0.39 is 0 Å². The predicted molar refractivity (Wildman–Crippen MR) is 80.4 cm³/mol. The van der Waals surface area contributed by atoms with Crippen LogP contribution in [-0.2, 0) is 11.2 Å². The fourth-order valence-corrected chi connectivity index (χ4v) is 2.67. The zero-order valence-electron chi connectivity index (χ0n) is 11.6. The van der Waals surface area contributed by atoms with Gasteiger partial charge in [-0.25, -0.2) is 9.97 Å². The number of hydrogen-bond acceptors (Lipinski definition) is 3. The molecule has 1 aromatic rings. The van der Waals surface area contributed by atoms with Gasteiger partial charge in [0, 0.05) is 6.61 Å². The van der Waals surface area contributed by atoms with E-state index in [0.29, 0.717) is 23.6 Å². The lowest BCUT2D eigenvalue weighted by molar-refractivity contribution is 0.0398. The van der Waals surface area contributed by atoms with Gasteiger partial charge in [0.05, 0.1) is 10.2 Å². The van der Waals surface area contributed by atoms with Crippen LogP contribution in [0.15, 0.2) is 4.47 Å². The Balaban J connectivity index is 2.31. The van der Waals surface area contributed by atoms with Crippen molar-refractivity contribution in [3.63, 3.8) is 0 Å². The second kappa shape index (κ2) is 6.51. The van der Waals surface area contributed by atoms with E-state index in [1.54, 1.807) is 0 Å². The Morgan fingerprint density at radius 2 is 2.05 bits per heavy atom. The fraction of sp³-hybridized carbons (Fsp3) is 0.714. The Morgan fingerprint density at radius 1 is 1.37 bits per heavy atom. The van der Waals surface area contributed by atoms with Crippen molar-refractivity contribution < 1.29 is 4.74 Å². The Bertz CT molecular complexity index is 449. The summed E-state index contributed by atoms with van der Waals surface area (Å²) in [5.74, 6) is 1.83. The third kappa shape index (κ3) is 3.89. The van der Waals surface area contributed by atoms with Gasteiger partial charge in [-0.15, -0.1) is 0 Å². The molecule has 1 atom stereocenters. The van der Waals surface area contributed by atoms with Crippen molar-refractivity contribution >= 4 is 27.5 Å². The van der Waals surface area contributed by atoms with E-state index in [0.717, 1.165) is 22.4 Å². The van der Waals surface area contributed by atoms with Crippen molar-refractivity contribution in [2.45, 2.75) is 46.1 Å². The van der Waals surface area contributed by atoms with E-state index in [2.05, 4.69) is 39.7 Å². The monoisotopic (exact) mass is 346 g/mol. The lowest BCUT2D eigenvalue weighted by Gasteiger charge is -2.17. The molecular formula is C14H20BrClN2O. The van der Waals surface area contributed by atoms with Crippen LogP contribution in [0.4, 0.5) is 0 Å². The maximum Gasteiger partial charge on any atom is 0.159 e. The summed E-state index contributed by atoms with van der Waals surface area (Å²) in [6.07, 6.45) is 3.28. The Labute approximate surface area is 128 Å². The summed E-state index contributed by atoms with van der Waals surface area (Å²) < 4.78 is 6.63. The molecule has 5 heteroatoms. The minimum Gasteiger partial charge on any atom is -0.370 e. The molecule has 0 saturated heterocycles. The molecule has 0 radical (unpaired) electrons. The maximum atomic E-state index is 6.22. The Morgan fingerprint density at radius 3 is 2.58 bits per heavy atom. The minimum atomic E-state index is 0.00140. The summed E-state index contributed by atoms with van der Waals surface area (Å²) in [6.45, 7) is 7.02. The van der Waals surface area contributed by atoms with Crippen molar-refractivity contribution in [3.05, 3.63) is 21.1 Å². The van der Waals surface area contributed by atoms with Gasteiger partial charge in [-0.2, -0.15) is 0 Å². The highest BCUT2D eigenvalue weighted by atomic mass is 79.9. The summed E-state index contributed by atoms with van der Waals surface area (Å²) >= 11 is 9.70. The minimum absolute atomic E-state index is 0.00140. The van der Waals surface area contributed by atoms with Gasteiger partial charge in [-0.3, -0.25) is 0 Å². The predicted octanol–water partition coefficient (Wildman–Crippen LogP) is 4.58. The largest absolute Gasteiger partial charge is 0.370 e. The lowest BCUT2D eigenvalue weighted by atomic mass is 10.1. The SMILES string of the molecule is CCOC(c1nc(Cl)c(Br)c(CC(C)C)n1)C1CC1. The van der Waals surface area contributed by atoms with Crippen LogP contribution in [0.2, 0.25) is 5.15 Å². The topological polar surface area (TPSA) is 35.0 Å². The maximum absolute atomic E-state index is 6.22. The zero-order valence-corrected chi connectivity index (χ0v) is 14.0. The van der Waals surface area contributed by atoms with Crippen molar-refractivity contribution in [2.24, 2.45) is 11.8 Å². The van der Waals surface area contributed by atoms with Gasteiger partial charge in [-0.1, -0.05) is 25.4 Å². The molecule has 1 fully saturated rings. The Kier molecular flexibility index (Phi) is 5.21. The number of rotatable bonds is 6. The molecule has 2 rings (SSSR count). The molecule has 19 heavy (non-hydrogen) atoms. The molecule has 1 aliphatic rings. The quantitative estimate of drug-likeness (QED) is 0.707. The van der Waals surface area contributed by atoms with Gasteiger partial charge >= 0.3 is 0 Å². The molecule has 0 N–H and O–H groups in total. The number of nitrogens with zero attached hydrogens (tertiary/aromatic N) is 2. The molecule has 0 amide bonds. The van der Waals surface area contributed by atoms with Crippen LogP contribution in [0.1, 0.15) is 51.2 Å². The summed E-state index contributed by atoms with van der Waals surface area (Å²) in [5.41, 5.74) is 0.982. The third-order valence-electron chi connectivity index (χ3n) is 3.15. The van der Waals surface area contributed by atoms with Gasteiger partial charge in [0.15, 0.2) is 5.82 Å². The van der Waals surface area contributed by atoms with Crippen molar-refractivity contribution in [3.8, 4) is 0 Å². The highest BCUT2D eigenvalue weighted by molar-refractivity contribution is 9.10. The van der Waals surface area contributed by atoms with Gasteiger partial charge in [0.1, 0.15) is 11.3 Å². The first-order valence-corrected chi connectivity index (χ1v) is 8.03. The molecule has 106 valence electrons. The van der Waals surface area contributed by atoms with E-state index in [9.17, 15) is 0 Å². The third-order valence-corrected chi connectivity index (χ3v) is 4.48. The van der Waals surface area contributed by atoms with E-state index in [-0.39, 0.29) is 6.10 Å². The van der Waals surface area contributed by atoms with Crippen LogP contribution in [0.25, 0.3) is 0 Å². The summed E-state index contributed by atoms with van der Waals surface area (Å²) in [7, 11) is 0. The van der Waals surface area contributed by atoms with Crippen molar-refractivity contribution in [1.29, 1.82) is 0 Å². The summed E-state index contributed by atoms with van der Waals surface area (Å²) in [4.78, 5) is 9.09. The summed E-state index contributed by atoms with van der Waals surface area (Å²) in [6, 6.07) is 0. The number of ether oxygens (including phenoxy) is 1. The van der Waals surface area contributed by atoms with Gasteiger partial charge < -0.3 is 4.74 Å². The van der Waals surface area contributed by atoms with Gasteiger partial charge in [0.25, 0.3) is 0 Å². The van der Waals surface area contributed by atoms with E-state index in [1.165, 1.54) is 12.8 Å². The Hall–Kier alpha value is -0.190. The normalized spacial score (nSPS) is 16.9. The van der Waals surface area contributed by atoms with E-state index >= 15 is 0 Å². The molecule has 3 nitrogen and oxygen atoms in total. The summed E-state index contributed by atoms with van der Waals surface area (Å²) in [5, 5.41) is 0.492. The van der Waals surface area contributed by atoms with Crippen LogP contribution in [0.3, 0.4) is 0 Å². The molecule has 0 aliphatic heterocycles. The molecule has 1 heterocycles. The molecule has 0 bridgehead atoms. The van der Waals surface area contributed by atoms with E-state index in [1.807, 2.05) is 6.92 Å². The van der Waals surface area contributed by atoms with Crippen LogP contribution in [0.5, 0.6) is 0 Å². The van der Waals surface area contributed by atoms with Crippen LogP contribution in [-0.4, -0.2) is 16.6 Å². The fourth-order valence-electron chi connectivity index (χ4n) is 2.13. The first kappa shape index (κ1) is 15.2. The van der Waals surface area contributed by atoms with Crippen LogP contribution >= 0.6 is 27.5 Å². The molecule has 1 aromatic heterocycles. The molecule has 1 aliphatic carbocycles. The second-order valence-electron chi connectivity index (χ2n) is 5.44. The van der Waals surface area contributed by atoms with Crippen molar-refractivity contribution in [2.75, 3.05) is 6.61 Å². The number of aromatic nitrogens is 2. The average molecular weight is 348 g/mol. The van der Waals surface area contributed by atoms with Gasteiger partial charge in [0.2, 0.25) is 0 Å². The van der Waals surface area contributed by atoms with Gasteiger partial charge in [-0.05, 0) is 54.0 Å². The van der Waals surface area contributed by atoms with Crippen LogP contribution < -0.4 is 0 Å². The number of halogens is 2. The van der Waals surface area contributed by atoms with Crippen LogP contribution in [0, 0.1) is 11.8 Å². The molecule has 1 saturated carbocycles. The molecule has 0 spiro atoms. The smallest absolute Gasteiger partial charge is 0.159 e. The average Bonchev–Trinajstić information content (AvgIpc) is 3.15. The first-order valence-electron chi connectivity index (χ1n) is 6.86. The highest BCUT2D eigenvalue weighted by Crippen LogP contribution is 2.43. The second-order valence-corrected chi connectivity index (χ2v) is 6.60. The standard InChI is InChI=1S/C14H20BrClN2O/c1-4-19-12(9-5-6-9)14-17-10(7-8(2)3)11(15)13(16)18-14/h8-9,12H,4-7H2,1-3H3. The van der Waals surface area contributed by atoms with E-state index in [4.69, 9.17) is 16.3 Å². The lowest BCUT2D eigenvalue weighted by Crippen LogP contribution is -2.13.